The van der Waals surface area contributed by atoms with E-state index in [1.165, 1.54) is 35.5 Å². The zero-order valence-corrected chi connectivity index (χ0v) is 17.9. The molecular weight excluding hydrogens is 438 g/mol. The number of alkyl halides is 2. The van der Waals surface area contributed by atoms with Crippen molar-refractivity contribution in [2.24, 2.45) is 0 Å². The van der Waals surface area contributed by atoms with Gasteiger partial charge in [0.1, 0.15) is 11.6 Å². The molecular formula is C23H21F4N5O. The van der Waals surface area contributed by atoms with Gasteiger partial charge in [-0.05, 0) is 6.07 Å². The van der Waals surface area contributed by atoms with Crippen LogP contribution in [0, 0.1) is 11.6 Å². The van der Waals surface area contributed by atoms with Gasteiger partial charge in [0.2, 0.25) is 0 Å². The molecule has 1 aliphatic rings. The highest BCUT2D eigenvalue weighted by Crippen LogP contribution is 2.41. The average molecular weight is 459 g/mol. The molecule has 0 radical (unpaired) electrons. The van der Waals surface area contributed by atoms with Crippen molar-refractivity contribution in [3.63, 3.8) is 0 Å². The summed E-state index contributed by atoms with van der Waals surface area (Å²) < 4.78 is 57.4. The van der Waals surface area contributed by atoms with Crippen LogP contribution in [0.4, 0.5) is 29.1 Å². The van der Waals surface area contributed by atoms with Gasteiger partial charge in [0, 0.05) is 42.4 Å². The van der Waals surface area contributed by atoms with Gasteiger partial charge in [-0.1, -0.05) is 32.0 Å². The number of nitrogens with one attached hydrogen (secondary N) is 1. The van der Waals surface area contributed by atoms with E-state index in [2.05, 4.69) is 20.3 Å². The van der Waals surface area contributed by atoms with Crippen molar-refractivity contribution in [3.8, 4) is 11.1 Å². The van der Waals surface area contributed by atoms with Crippen molar-refractivity contribution in [3.05, 3.63) is 65.9 Å². The van der Waals surface area contributed by atoms with Gasteiger partial charge >= 0.3 is 0 Å². The number of anilines is 2. The molecule has 33 heavy (non-hydrogen) atoms. The highest BCUT2D eigenvalue weighted by Gasteiger charge is 2.40. The Balaban J connectivity index is 1.80. The van der Waals surface area contributed by atoms with Crippen molar-refractivity contribution < 1.29 is 22.4 Å². The van der Waals surface area contributed by atoms with Crippen molar-refractivity contribution in [2.75, 3.05) is 23.3 Å². The van der Waals surface area contributed by atoms with Gasteiger partial charge in [-0.25, -0.2) is 32.5 Å². The first-order valence-electron chi connectivity index (χ1n) is 10.4. The average Bonchev–Trinajstić information content (AvgIpc) is 3.14. The molecule has 1 saturated heterocycles. The maximum atomic E-state index is 15.0. The number of nitrogens with zero attached hydrogens (tertiary/aromatic N) is 4. The summed E-state index contributed by atoms with van der Waals surface area (Å²) in [5.74, 6) is -4.80. The van der Waals surface area contributed by atoms with Crippen LogP contribution in [0.3, 0.4) is 0 Å². The minimum atomic E-state index is -2.96. The molecule has 3 aromatic rings. The number of rotatable bonds is 5. The number of carbonyl (C=O) groups is 1. The quantitative estimate of drug-likeness (QED) is 0.542. The molecule has 172 valence electrons. The summed E-state index contributed by atoms with van der Waals surface area (Å²) in [5.41, 5.74) is -0.538. The lowest BCUT2D eigenvalue weighted by molar-refractivity contribution is 0.0257. The molecule has 1 amide bonds. The molecule has 1 N–H and O–H groups in total. The maximum Gasteiger partial charge on any atom is 0.266 e. The van der Waals surface area contributed by atoms with Gasteiger partial charge in [-0.15, -0.1) is 0 Å². The second-order valence-electron chi connectivity index (χ2n) is 8.13. The van der Waals surface area contributed by atoms with Crippen LogP contribution in [0.15, 0.2) is 42.9 Å². The minimum absolute atomic E-state index is 0.0469. The predicted molar refractivity (Wildman–Crippen MR) is 115 cm³/mol. The van der Waals surface area contributed by atoms with E-state index in [0.717, 1.165) is 12.3 Å². The Kier molecular flexibility index (Phi) is 6.01. The standard InChI is InChI=1S/C23H21F4N5O/c1-13(2)20-28-9-14(10-29-20)22(33)31-19-18(15-5-3-4-6-16(15)24)17(25)11-30-21(19)32-8-7-23(26,27)12-32/h3-6,9-11,13H,7-8,12H2,1-2H3,(H,31,33). The Morgan fingerprint density at radius 2 is 1.76 bits per heavy atom. The maximum absolute atomic E-state index is 15.0. The topological polar surface area (TPSA) is 71.0 Å². The van der Waals surface area contributed by atoms with Crippen LogP contribution in [0.1, 0.15) is 42.4 Å². The van der Waals surface area contributed by atoms with Crippen molar-refractivity contribution in [1.29, 1.82) is 0 Å². The van der Waals surface area contributed by atoms with Crippen LogP contribution in [0.5, 0.6) is 0 Å². The lowest BCUT2D eigenvalue weighted by Crippen LogP contribution is -2.27. The summed E-state index contributed by atoms with van der Waals surface area (Å²) in [5, 5.41) is 2.54. The summed E-state index contributed by atoms with van der Waals surface area (Å²) in [4.78, 5) is 26.5. The van der Waals surface area contributed by atoms with E-state index in [1.807, 2.05) is 13.8 Å². The molecule has 0 bridgehead atoms. The number of benzene rings is 1. The third-order valence-corrected chi connectivity index (χ3v) is 5.31. The molecule has 1 aliphatic heterocycles. The van der Waals surface area contributed by atoms with Gasteiger partial charge in [0.05, 0.1) is 24.0 Å². The molecule has 0 unspecified atom stereocenters. The largest absolute Gasteiger partial charge is 0.349 e. The zero-order chi connectivity index (χ0) is 23.8. The Hall–Kier alpha value is -3.56. The van der Waals surface area contributed by atoms with Crippen LogP contribution >= 0.6 is 0 Å². The number of hydrogen-bond acceptors (Lipinski definition) is 5. The summed E-state index contributed by atoms with van der Waals surface area (Å²) >= 11 is 0. The van der Waals surface area contributed by atoms with E-state index in [9.17, 15) is 22.4 Å². The number of hydrogen-bond donors (Lipinski definition) is 1. The van der Waals surface area contributed by atoms with Gasteiger partial charge in [0.25, 0.3) is 11.8 Å². The molecule has 1 fully saturated rings. The van der Waals surface area contributed by atoms with Crippen molar-refractivity contribution in [2.45, 2.75) is 32.1 Å². The minimum Gasteiger partial charge on any atom is -0.349 e. The van der Waals surface area contributed by atoms with Crippen LogP contribution < -0.4 is 10.2 Å². The monoisotopic (exact) mass is 459 g/mol. The SMILES string of the molecule is CC(C)c1ncc(C(=O)Nc2c(N3CCC(F)(F)C3)ncc(F)c2-c2ccccc2F)cn1. The summed E-state index contributed by atoms with van der Waals surface area (Å²) in [6, 6.07) is 5.42. The van der Waals surface area contributed by atoms with E-state index in [0.29, 0.717) is 5.82 Å². The Morgan fingerprint density at radius 3 is 2.36 bits per heavy atom. The molecule has 2 aromatic heterocycles. The fraction of sp³-hybridized carbons (Fsp3) is 0.304. The highest BCUT2D eigenvalue weighted by molar-refractivity contribution is 6.08. The molecule has 3 heterocycles. The number of aromatic nitrogens is 3. The number of amides is 1. The van der Waals surface area contributed by atoms with Crippen LogP contribution in [-0.4, -0.2) is 39.9 Å². The third-order valence-electron chi connectivity index (χ3n) is 5.31. The Morgan fingerprint density at radius 1 is 1.06 bits per heavy atom. The third kappa shape index (κ3) is 4.64. The van der Waals surface area contributed by atoms with Crippen molar-refractivity contribution >= 4 is 17.4 Å². The first-order valence-corrected chi connectivity index (χ1v) is 10.4. The number of halogens is 4. The van der Waals surface area contributed by atoms with Crippen LogP contribution in [-0.2, 0) is 0 Å². The summed E-state index contributed by atoms with van der Waals surface area (Å²) in [6.07, 6.45) is 3.05. The molecule has 0 saturated carbocycles. The van der Waals surface area contributed by atoms with Crippen molar-refractivity contribution in [1.82, 2.24) is 15.0 Å². The van der Waals surface area contributed by atoms with Crippen LogP contribution in [0.2, 0.25) is 0 Å². The molecule has 4 rings (SSSR count). The second kappa shape index (κ2) is 8.76. The fourth-order valence-corrected chi connectivity index (χ4v) is 3.62. The van der Waals surface area contributed by atoms with E-state index in [-0.39, 0.29) is 40.7 Å². The van der Waals surface area contributed by atoms with Gasteiger partial charge in [-0.2, -0.15) is 0 Å². The number of pyridine rings is 1. The molecule has 0 atom stereocenters. The van der Waals surface area contributed by atoms with E-state index in [1.54, 1.807) is 0 Å². The van der Waals surface area contributed by atoms with E-state index < -0.39 is 36.4 Å². The highest BCUT2D eigenvalue weighted by atomic mass is 19.3. The van der Waals surface area contributed by atoms with Crippen LogP contribution in [0.25, 0.3) is 11.1 Å². The lowest BCUT2D eigenvalue weighted by Gasteiger charge is -2.23. The summed E-state index contributed by atoms with van der Waals surface area (Å²) in [7, 11) is 0. The second-order valence-corrected chi connectivity index (χ2v) is 8.13. The lowest BCUT2D eigenvalue weighted by atomic mass is 10.0. The molecule has 0 spiro atoms. The Labute approximate surface area is 187 Å². The van der Waals surface area contributed by atoms with E-state index in [4.69, 9.17) is 0 Å². The molecule has 0 aliphatic carbocycles. The van der Waals surface area contributed by atoms with Gasteiger partial charge < -0.3 is 10.2 Å². The molecule has 10 heteroatoms. The molecule has 1 aromatic carbocycles. The predicted octanol–water partition coefficient (Wildman–Crippen LogP) is 5.04. The first-order chi connectivity index (χ1) is 15.7. The Bertz CT molecular complexity index is 1180. The van der Waals surface area contributed by atoms with Gasteiger partial charge in [0.15, 0.2) is 11.6 Å². The number of carbonyl (C=O) groups excluding carboxylic acids is 1. The fourth-order valence-electron chi connectivity index (χ4n) is 3.62. The normalized spacial score (nSPS) is 15.2. The molecule has 6 nitrogen and oxygen atoms in total. The van der Waals surface area contributed by atoms with Gasteiger partial charge in [-0.3, -0.25) is 4.79 Å². The first kappa shape index (κ1) is 22.6. The zero-order valence-electron chi connectivity index (χ0n) is 17.9. The smallest absolute Gasteiger partial charge is 0.266 e. The van der Waals surface area contributed by atoms with E-state index >= 15 is 0 Å². The summed E-state index contributed by atoms with van der Waals surface area (Å²) in [6.45, 7) is 3.08.